The van der Waals surface area contributed by atoms with Crippen molar-refractivity contribution in [2.45, 2.75) is 6.42 Å². The molecule has 0 unspecified atom stereocenters. The van der Waals surface area contributed by atoms with Crippen molar-refractivity contribution < 1.29 is 14.3 Å². The summed E-state index contributed by atoms with van der Waals surface area (Å²) in [5.41, 5.74) is 1.81. The lowest BCUT2D eigenvalue weighted by Crippen LogP contribution is -2.31. The first-order valence-electron chi connectivity index (χ1n) is 7.30. The van der Waals surface area contributed by atoms with Crippen LogP contribution in [0.15, 0.2) is 48.5 Å². The van der Waals surface area contributed by atoms with Crippen LogP contribution in [0.4, 0.5) is 10.5 Å². The van der Waals surface area contributed by atoms with Gasteiger partial charge in [0.2, 0.25) is 0 Å². The Morgan fingerprint density at radius 2 is 1.82 bits per heavy atom. The molecule has 0 fully saturated rings. The van der Waals surface area contributed by atoms with Gasteiger partial charge in [0.15, 0.2) is 11.5 Å². The van der Waals surface area contributed by atoms with Crippen molar-refractivity contribution in [1.82, 2.24) is 5.32 Å². The number of nitrogens with one attached hydrogen (secondary N) is 2. The number of para-hydroxylation sites is 1. The highest BCUT2D eigenvalue weighted by atomic mass is 16.6. The minimum atomic E-state index is -0.251. The minimum Gasteiger partial charge on any atom is -0.486 e. The van der Waals surface area contributed by atoms with Gasteiger partial charge in [-0.15, -0.1) is 0 Å². The van der Waals surface area contributed by atoms with Crippen molar-refractivity contribution in [3.63, 3.8) is 0 Å². The highest BCUT2D eigenvalue weighted by Crippen LogP contribution is 2.37. The Balaban J connectivity index is 1.54. The predicted molar refractivity (Wildman–Crippen MR) is 84.6 cm³/mol. The van der Waals surface area contributed by atoms with Gasteiger partial charge in [0.05, 0.1) is 5.69 Å². The van der Waals surface area contributed by atoms with E-state index in [0.717, 1.165) is 6.42 Å². The van der Waals surface area contributed by atoms with Crippen LogP contribution in [0.5, 0.6) is 11.5 Å². The molecule has 3 rings (SSSR count). The van der Waals surface area contributed by atoms with Gasteiger partial charge in [-0.3, -0.25) is 0 Å². The number of carbonyl (C=O) groups excluding carboxylic acids is 1. The van der Waals surface area contributed by atoms with E-state index in [1.54, 1.807) is 6.07 Å². The average Bonchev–Trinajstić information content (AvgIpc) is 2.56. The molecule has 2 N–H and O–H groups in total. The van der Waals surface area contributed by atoms with Gasteiger partial charge in [-0.2, -0.15) is 0 Å². The molecule has 2 aromatic carbocycles. The number of fused-ring (bicyclic) bond motifs is 1. The fraction of sp³-hybridized carbons (Fsp3) is 0.235. The summed E-state index contributed by atoms with van der Waals surface area (Å²) in [4.78, 5) is 12.0. The molecule has 2 amide bonds. The van der Waals surface area contributed by atoms with Crippen LogP contribution in [-0.2, 0) is 6.42 Å². The van der Waals surface area contributed by atoms with Crippen LogP contribution in [0.3, 0.4) is 0 Å². The summed E-state index contributed by atoms with van der Waals surface area (Å²) < 4.78 is 11.0. The van der Waals surface area contributed by atoms with Crippen molar-refractivity contribution in [2.24, 2.45) is 0 Å². The Morgan fingerprint density at radius 3 is 2.68 bits per heavy atom. The molecule has 2 aromatic rings. The van der Waals surface area contributed by atoms with Crippen LogP contribution in [0.25, 0.3) is 0 Å². The van der Waals surface area contributed by atoms with Gasteiger partial charge in [0.1, 0.15) is 13.2 Å². The summed E-state index contributed by atoms with van der Waals surface area (Å²) in [7, 11) is 0. The second kappa shape index (κ2) is 6.85. The molecule has 0 aliphatic carbocycles. The van der Waals surface area contributed by atoms with Gasteiger partial charge < -0.3 is 20.1 Å². The lowest BCUT2D eigenvalue weighted by atomic mass is 10.1. The molecule has 0 saturated carbocycles. The van der Waals surface area contributed by atoms with Gasteiger partial charge in [-0.1, -0.05) is 36.4 Å². The molecule has 0 radical (unpaired) electrons. The van der Waals surface area contributed by atoms with Crippen molar-refractivity contribution in [2.75, 3.05) is 25.1 Å². The zero-order valence-electron chi connectivity index (χ0n) is 12.2. The number of ether oxygens (including phenoxy) is 2. The van der Waals surface area contributed by atoms with Crippen LogP contribution in [0, 0.1) is 0 Å². The van der Waals surface area contributed by atoms with Crippen LogP contribution < -0.4 is 20.1 Å². The minimum absolute atomic E-state index is 0.251. The zero-order chi connectivity index (χ0) is 15.2. The molecule has 1 heterocycles. The highest BCUT2D eigenvalue weighted by molar-refractivity contribution is 5.91. The second-order valence-corrected chi connectivity index (χ2v) is 4.95. The Labute approximate surface area is 129 Å². The molecular formula is C17H18N2O3. The quantitative estimate of drug-likeness (QED) is 0.912. The van der Waals surface area contributed by atoms with Crippen molar-refractivity contribution in [3.05, 3.63) is 54.1 Å². The molecule has 1 aliphatic heterocycles. The van der Waals surface area contributed by atoms with Gasteiger partial charge in [0.25, 0.3) is 0 Å². The fourth-order valence-corrected chi connectivity index (χ4v) is 2.30. The molecule has 0 saturated heterocycles. The number of carbonyl (C=O) groups is 1. The predicted octanol–water partition coefficient (Wildman–Crippen LogP) is 2.82. The Bertz CT molecular complexity index is 644. The van der Waals surface area contributed by atoms with E-state index < -0.39 is 0 Å². The first-order chi connectivity index (χ1) is 10.8. The fourth-order valence-electron chi connectivity index (χ4n) is 2.30. The lowest BCUT2D eigenvalue weighted by molar-refractivity contribution is 0.172. The van der Waals surface area contributed by atoms with Gasteiger partial charge in [0, 0.05) is 6.54 Å². The Kier molecular flexibility index (Phi) is 4.44. The van der Waals surface area contributed by atoms with E-state index in [0.29, 0.717) is 36.9 Å². The van der Waals surface area contributed by atoms with Gasteiger partial charge in [-0.25, -0.2) is 4.79 Å². The number of amides is 2. The monoisotopic (exact) mass is 298 g/mol. The van der Waals surface area contributed by atoms with E-state index in [2.05, 4.69) is 10.6 Å². The Morgan fingerprint density at radius 1 is 1.00 bits per heavy atom. The highest BCUT2D eigenvalue weighted by Gasteiger charge is 2.16. The van der Waals surface area contributed by atoms with E-state index in [4.69, 9.17) is 9.47 Å². The molecule has 5 heteroatoms. The van der Waals surface area contributed by atoms with Crippen LogP contribution in [-0.4, -0.2) is 25.8 Å². The summed E-state index contributed by atoms with van der Waals surface area (Å²) in [6.07, 6.45) is 0.792. The summed E-state index contributed by atoms with van der Waals surface area (Å²) in [5, 5.41) is 5.64. The average molecular weight is 298 g/mol. The largest absolute Gasteiger partial charge is 0.486 e. The zero-order valence-corrected chi connectivity index (χ0v) is 12.2. The van der Waals surface area contributed by atoms with Crippen LogP contribution in [0.1, 0.15) is 5.56 Å². The van der Waals surface area contributed by atoms with E-state index in [-0.39, 0.29) is 6.03 Å². The molecule has 114 valence electrons. The summed E-state index contributed by atoms with van der Waals surface area (Å²) in [5.74, 6) is 1.25. The summed E-state index contributed by atoms with van der Waals surface area (Å²) in [6, 6.07) is 15.2. The molecule has 0 spiro atoms. The number of anilines is 1. The molecule has 0 atom stereocenters. The summed E-state index contributed by atoms with van der Waals surface area (Å²) >= 11 is 0. The van der Waals surface area contributed by atoms with Crippen LogP contribution in [0.2, 0.25) is 0 Å². The first-order valence-corrected chi connectivity index (χ1v) is 7.30. The van der Waals surface area contributed by atoms with E-state index >= 15 is 0 Å². The van der Waals surface area contributed by atoms with Crippen LogP contribution >= 0.6 is 0 Å². The van der Waals surface area contributed by atoms with Crippen molar-refractivity contribution >= 4 is 11.7 Å². The van der Waals surface area contributed by atoms with E-state index in [1.807, 2.05) is 42.5 Å². The van der Waals surface area contributed by atoms with Gasteiger partial charge in [-0.05, 0) is 24.1 Å². The molecule has 0 aromatic heterocycles. The standard InChI is InChI=1S/C17H18N2O3/c20-17(18-10-9-13-5-2-1-3-6-13)19-14-7-4-8-15-16(14)22-12-11-21-15/h1-8H,9-12H2,(H2,18,19,20). The Hall–Kier alpha value is -2.69. The topological polar surface area (TPSA) is 59.6 Å². The first kappa shape index (κ1) is 14.3. The number of urea groups is 1. The lowest BCUT2D eigenvalue weighted by Gasteiger charge is -2.21. The molecule has 5 nitrogen and oxygen atoms in total. The normalized spacial score (nSPS) is 12.5. The number of benzene rings is 2. The van der Waals surface area contributed by atoms with E-state index in [9.17, 15) is 4.79 Å². The maximum absolute atomic E-state index is 12.0. The molecule has 22 heavy (non-hydrogen) atoms. The maximum Gasteiger partial charge on any atom is 0.319 e. The SMILES string of the molecule is O=C(NCCc1ccccc1)Nc1cccc2c1OCCO2. The number of hydrogen-bond acceptors (Lipinski definition) is 3. The number of rotatable bonds is 4. The molecule has 0 bridgehead atoms. The number of hydrogen-bond donors (Lipinski definition) is 2. The van der Waals surface area contributed by atoms with Crippen molar-refractivity contribution in [1.29, 1.82) is 0 Å². The third-order valence-corrected chi connectivity index (χ3v) is 3.36. The maximum atomic E-state index is 12.0. The van der Waals surface area contributed by atoms with Crippen molar-refractivity contribution in [3.8, 4) is 11.5 Å². The smallest absolute Gasteiger partial charge is 0.319 e. The second-order valence-electron chi connectivity index (χ2n) is 4.95. The third-order valence-electron chi connectivity index (χ3n) is 3.36. The van der Waals surface area contributed by atoms with Gasteiger partial charge >= 0.3 is 6.03 Å². The van der Waals surface area contributed by atoms with E-state index in [1.165, 1.54) is 5.56 Å². The molecular weight excluding hydrogens is 280 g/mol. The third kappa shape index (κ3) is 3.49. The molecule has 1 aliphatic rings. The summed E-state index contributed by atoms with van der Waals surface area (Å²) in [6.45, 7) is 1.59.